The van der Waals surface area contributed by atoms with Crippen LogP contribution in [0, 0.1) is 17.8 Å². The van der Waals surface area contributed by atoms with Crippen LogP contribution in [0.25, 0.3) is 0 Å². The third-order valence-electron chi connectivity index (χ3n) is 13.9. The predicted octanol–water partition coefficient (Wildman–Crippen LogP) is -6.14. The number of nitrogens with zero attached hydrogens (tertiary/aromatic N) is 1. The van der Waals surface area contributed by atoms with E-state index in [1.54, 1.807) is 27.7 Å². The Labute approximate surface area is 510 Å². The first kappa shape index (κ1) is 80.8. The number of aliphatic hydroxyl groups is 2. The van der Waals surface area contributed by atoms with E-state index in [0.717, 1.165) is 12.8 Å². The van der Waals surface area contributed by atoms with Crippen molar-refractivity contribution in [1.82, 2.24) is 58.1 Å². The zero-order chi connectivity index (χ0) is 66.9. The topological polar surface area (TPSA) is 556 Å². The molecule has 0 aliphatic carbocycles. The molecule has 0 aromatic rings. The molecule has 1 aliphatic rings. The van der Waals surface area contributed by atoms with Crippen LogP contribution in [0.4, 0.5) is 0 Å². The van der Waals surface area contributed by atoms with Crippen LogP contribution < -0.4 is 81.8 Å². The molecule has 34 heteroatoms. The molecular formula is C53H102N16O17S. The second-order valence-corrected chi connectivity index (χ2v) is 23.4. The van der Waals surface area contributed by atoms with Gasteiger partial charge < -0.3 is 96.9 Å². The maximum Gasteiger partial charge on any atom is 0.394 e. The van der Waals surface area contributed by atoms with Gasteiger partial charge in [0.05, 0.1) is 12.2 Å². The highest BCUT2D eigenvalue weighted by atomic mass is 32.3. The maximum atomic E-state index is 14.4. The Balaban J connectivity index is 0.0000141. The van der Waals surface area contributed by atoms with Gasteiger partial charge in [-0.3, -0.25) is 61.8 Å². The molecule has 1 fully saturated rings. The summed E-state index contributed by atoms with van der Waals surface area (Å²) >= 11 is 0. The summed E-state index contributed by atoms with van der Waals surface area (Å²) in [5.41, 5.74) is 29.3. The van der Waals surface area contributed by atoms with Crippen molar-refractivity contribution in [1.29, 1.82) is 0 Å². The Kier molecular flexibility index (Phi) is 38.8. The Morgan fingerprint density at radius 3 is 1.41 bits per heavy atom. The van der Waals surface area contributed by atoms with Crippen molar-refractivity contribution in [2.75, 3.05) is 46.3 Å². The van der Waals surface area contributed by atoms with Crippen molar-refractivity contribution in [2.24, 2.45) is 46.4 Å². The molecule has 13 atom stereocenters. The number of carbonyl (C=O) groups excluding carboxylic acids is 11. The number of amides is 11. The summed E-state index contributed by atoms with van der Waals surface area (Å²) in [6, 6.07) is -14.5. The highest BCUT2D eigenvalue weighted by Gasteiger charge is 2.38. The van der Waals surface area contributed by atoms with E-state index in [0.29, 0.717) is 12.3 Å². The number of hydrogen-bond acceptors (Lipinski definition) is 20. The van der Waals surface area contributed by atoms with Crippen LogP contribution in [0.5, 0.6) is 0 Å². The van der Waals surface area contributed by atoms with Gasteiger partial charge in [0.15, 0.2) is 0 Å². The molecule has 0 aromatic heterocycles. The fourth-order valence-corrected chi connectivity index (χ4v) is 8.89. The van der Waals surface area contributed by atoms with Crippen LogP contribution in [-0.2, 0) is 63.1 Å². The highest BCUT2D eigenvalue weighted by Crippen LogP contribution is 2.15. The Morgan fingerprint density at radius 1 is 0.586 bits per heavy atom. The van der Waals surface area contributed by atoms with Gasteiger partial charge >= 0.3 is 10.4 Å². The standard InChI is InChI=1S/C53H100N16O13.H2O4S/c1-10-30(6)12-11-13-41(72)69(9)40(18-24-58)51(80)68-43(32(8)71)53(82)64-35(16-22-56)45(74)63-37-19-25-59-52(81)42(31(7)70)67-48(77)36(17-23-57)61-44(73)33(14-20-54)62-49(78)38(26-28(2)3)66-50(79)39(27-29(4)5)65-46(75)34(15-21-55)60-47(37)76;1-5(2,3)4/h28-40,42-43,70-71H,10-27,54-58H2,1-9H3,(H,59,81)(H,60,76)(H,61,73)(H,62,78)(H,63,74)(H,64,82)(H,65,75)(H,66,79)(H,67,77)(H,68,80);(H2,1,2,3,4)/t30-,31+,32+,33-,34+,35-,36-,37-,38-,39+,40-,42-,43-;/m0./s1. The van der Waals surface area contributed by atoms with E-state index in [2.05, 4.69) is 60.1 Å². The number of likely N-dealkylation sites (N-methyl/N-ethyl adjacent to an activating group) is 1. The molecule has 1 heterocycles. The largest absolute Gasteiger partial charge is 0.394 e. The summed E-state index contributed by atoms with van der Waals surface area (Å²) in [6.45, 7) is 12.6. The number of nitrogens with one attached hydrogen (secondary N) is 10. The summed E-state index contributed by atoms with van der Waals surface area (Å²) in [5.74, 6) is -9.46. The quantitative estimate of drug-likeness (QED) is 0.0324. The summed E-state index contributed by atoms with van der Waals surface area (Å²) in [6.07, 6.45) is -1.72. The molecule has 24 N–H and O–H groups in total. The number of nitrogens with two attached hydrogens (primary N) is 5. The lowest BCUT2D eigenvalue weighted by molar-refractivity contribution is -0.141. The molecule has 502 valence electrons. The first-order valence-corrected chi connectivity index (χ1v) is 30.8. The second-order valence-electron chi connectivity index (χ2n) is 22.5. The number of carbonyl (C=O) groups is 11. The molecule has 0 spiro atoms. The fraction of sp³-hybridized carbons (Fsp3) is 0.792. The SMILES string of the molecule is CC[C@H](C)CCCC(=O)N(C)[C@@H](CCN)C(=O)N[C@H](C(=O)N[C@@H](CCN)C(=O)N[C@H]1CCNC(=O)[C@H]([C@@H](C)O)NC(=O)[C@H](CCN)NC(=O)[C@H](CCN)NC(=O)[C@H](CC(C)C)NC(=O)[C@@H](CC(C)C)NC(=O)[C@@H](CCN)NC1=O)[C@@H](C)O.O=S(=O)(O)O. The zero-order valence-electron chi connectivity index (χ0n) is 51.7. The monoisotopic (exact) mass is 1270 g/mol. The maximum absolute atomic E-state index is 14.4. The lowest BCUT2D eigenvalue weighted by Crippen LogP contribution is -2.62. The van der Waals surface area contributed by atoms with Gasteiger partial charge in [0.1, 0.15) is 60.4 Å². The number of aliphatic hydroxyl groups excluding tert-OH is 2. The fourth-order valence-electron chi connectivity index (χ4n) is 8.89. The molecule has 0 unspecified atom stereocenters. The van der Waals surface area contributed by atoms with Crippen molar-refractivity contribution < 1.29 is 80.5 Å². The minimum absolute atomic E-state index is 0.00975. The Morgan fingerprint density at radius 2 is 1.01 bits per heavy atom. The molecule has 1 saturated heterocycles. The lowest BCUT2D eigenvalue weighted by Gasteiger charge is -2.31. The molecule has 1 aliphatic heterocycles. The van der Waals surface area contributed by atoms with Crippen LogP contribution >= 0.6 is 0 Å². The molecule has 11 amide bonds. The van der Waals surface area contributed by atoms with Crippen molar-refractivity contribution in [3.63, 3.8) is 0 Å². The van der Waals surface area contributed by atoms with E-state index in [1.165, 1.54) is 25.8 Å². The molecule has 0 radical (unpaired) electrons. The highest BCUT2D eigenvalue weighted by molar-refractivity contribution is 7.79. The van der Waals surface area contributed by atoms with Crippen molar-refractivity contribution >= 4 is 75.4 Å². The number of hydrogen-bond donors (Lipinski definition) is 19. The normalized spacial score (nSPS) is 22.8. The van der Waals surface area contributed by atoms with Gasteiger partial charge in [0.2, 0.25) is 65.0 Å². The van der Waals surface area contributed by atoms with Gasteiger partial charge in [-0.15, -0.1) is 0 Å². The lowest BCUT2D eigenvalue weighted by atomic mass is 9.99. The third kappa shape index (κ3) is 32.0. The van der Waals surface area contributed by atoms with Gasteiger partial charge in [0.25, 0.3) is 0 Å². The van der Waals surface area contributed by atoms with Crippen molar-refractivity contribution in [3.05, 3.63) is 0 Å². The van der Waals surface area contributed by atoms with Gasteiger partial charge in [-0.2, -0.15) is 8.42 Å². The molecule has 87 heavy (non-hydrogen) atoms. The third-order valence-corrected chi connectivity index (χ3v) is 13.9. The summed E-state index contributed by atoms with van der Waals surface area (Å²) < 4.78 is 31.6. The molecule has 0 aromatic carbocycles. The van der Waals surface area contributed by atoms with E-state index >= 15 is 0 Å². The average Bonchev–Trinajstić information content (AvgIpc) is 3.63. The smallest absolute Gasteiger partial charge is 0.391 e. The molecule has 0 saturated carbocycles. The molecule has 33 nitrogen and oxygen atoms in total. The van der Waals surface area contributed by atoms with Crippen LogP contribution in [0.2, 0.25) is 0 Å². The first-order valence-electron chi connectivity index (χ1n) is 29.4. The van der Waals surface area contributed by atoms with Crippen LogP contribution in [0.1, 0.15) is 132 Å². The van der Waals surface area contributed by atoms with E-state index in [9.17, 15) is 63.0 Å². The Bertz CT molecular complexity index is 2330. The molecule has 0 bridgehead atoms. The Hall–Kier alpha value is -6.24. The van der Waals surface area contributed by atoms with Crippen molar-refractivity contribution in [2.45, 2.75) is 205 Å². The predicted molar refractivity (Wildman–Crippen MR) is 320 cm³/mol. The van der Waals surface area contributed by atoms with Gasteiger partial charge in [0, 0.05) is 20.0 Å². The van der Waals surface area contributed by atoms with E-state index < -0.39 is 155 Å². The van der Waals surface area contributed by atoms with Gasteiger partial charge in [-0.05, 0) is 122 Å². The van der Waals surface area contributed by atoms with E-state index in [1.807, 2.05) is 6.92 Å². The molecule has 1 rings (SSSR count). The van der Waals surface area contributed by atoms with E-state index in [-0.39, 0.29) is 102 Å². The van der Waals surface area contributed by atoms with Crippen LogP contribution in [0.15, 0.2) is 0 Å². The van der Waals surface area contributed by atoms with Crippen molar-refractivity contribution in [3.8, 4) is 0 Å². The zero-order valence-corrected chi connectivity index (χ0v) is 52.5. The van der Waals surface area contributed by atoms with Crippen LogP contribution in [0.3, 0.4) is 0 Å². The summed E-state index contributed by atoms with van der Waals surface area (Å²) in [5, 5.41) is 47.0. The minimum atomic E-state index is -4.67. The minimum Gasteiger partial charge on any atom is -0.391 e. The van der Waals surface area contributed by atoms with Gasteiger partial charge in [-0.25, -0.2) is 0 Å². The van der Waals surface area contributed by atoms with Gasteiger partial charge in [-0.1, -0.05) is 54.4 Å². The first-order chi connectivity index (χ1) is 40.6. The number of rotatable bonds is 28. The average molecular weight is 1270 g/mol. The van der Waals surface area contributed by atoms with Crippen LogP contribution in [-0.4, -0.2) is 217 Å². The summed E-state index contributed by atoms with van der Waals surface area (Å²) in [7, 11) is -3.23. The van der Waals surface area contributed by atoms with E-state index in [4.69, 9.17) is 46.2 Å². The second kappa shape index (κ2) is 41.8. The summed E-state index contributed by atoms with van der Waals surface area (Å²) in [4.78, 5) is 155. The molecular weight excluding hydrogens is 1160 g/mol.